The number of aromatic nitrogens is 1. The summed E-state index contributed by atoms with van der Waals surface area (Å²) in [5, 5.41) is 11.7. The highest BCUT2D eigenvalue weighted by atomic mass is 35.5. The van der Waals surface area contributed by atoms with E-state index >= 15 is 0 Å². The van der Waals surface area contributed by atoms with Gasteiger partial charge in [-0.15, -0.1) is 0 Å². The van der Waals surface area contributed by atoms with Crippen molar-refractivity contribution in [1.82, 2.24) is 4.98 Å². The van der Waals surface area contributed by atoms with Crippen LogP contribution in [0.2, 0.25) is 10.0 Å². The number of rotatable bonds is 3. The molecule has 2 rings (SSSR count). The van der Waals surface area contributed by atoms with E-state index in [1.54, 1.807) is 6.07 Å². The molecule has 0 fully saturated rings. The molecule has 0 amide bonds. The summed E-state index contributed by atoms with van der Waals surface area (Å²) in [4.78, 5) is 14.8. The van der Waals surface area contributed by atoms with E-state index in [0.717, 1.165) is 0 Å². The number of carboxylic acids is 1. The number of aromatic carboxylic acids is 1. The molecule has 19 heavy (non-hydrogen) atoms. The number of halogens is 3. The highest BCUT2D eigenvalue weighted by Gasteiger charge is 2.11. The first-order chi connectivity index (χ1) is 8.97. The predicted octanol–water partition coefficient (Wildman–Crippen LogP) is 3.97. The first-order valence-electron chi connectivity index (χ1n) is 5.08. The third kappa shape index (κ3) is 3.13. The molecule has 2 N–H and O–H groups in total. The van der Waals surface area contributed by atoms with Gasteiger partial charge in [-0.05, 0) is 24.3 Å². The Morgan fingerprint density at radius 1 is 1.26 bits per heavy atom. The molecule has 0 aliphatic heterocycles. The van der Waals surface area contributed by atoms with Crippen molar-refractivity contribution in [2.24, 2.45) is 0 Å². The molecule has 0 spiro atoms. The van der Waals surface area contributed by atoms with Crippen molar-refractivity contribution < 1.29 is 14.3 Å². The van der Waals surface area contributed by atoms with Crippen LogP contribution >= 0.6 is 23.2 Å². The van der Waals surface area contributed by atoms with Gasteiger partial charge in [0.2, 0.25) is 0 Å². The molecular formula is C12H7Cl2FN2O2. The lowest BCUT2D eigenvalue weighted by Gasteiger charge is -2.07. The predicted molar refractivity (Wildman–Crippen MR) is 70.9 cm³/mol. The third-order valence-corrected chi connectivity index (χ3v) is 2.89. The molecule has 0 radical (unpaired) electrons. The van der Waals surface area contributed by atoms with E-state index in [-0.39, 0.29) is 21.4 Å². The Labute approximate surface area is 117 Å². The summed E-state index contributed by atoms with van der Waals surface area (Å²) in [6.07, 6.45) is 1.21. The van der Waals surface area contributed by atoms with E-state index in [1.807, 2.05) is 0 Å². The molecule has 1 heterocycles. The van der Waals surface area contributed by atoms with Crippen LogP contribution < -0.4 is 5.32 Å². The molecule has 0 unspecified atom stereocenters. The van der Waals surface area contributed by atoms with Crippen LogP contribution in [-0.2, 0) is 0 Å². The fourth-order valence-electron chi connectivity index (χ4n) is 1.39. The van der Waals surface area contributed by atoms with E-state index in [4.69, 9.17) is 28.3 Å². The molecule has 0 aliphatic rings. The van der Waals surface area contributed by atoms with Gasteiger partial charge < -0.3 is 10.4 Å². The molecule has 0 saturated heterocycles. The Morgan fingerprint density at radius 3 is 2.63 bits per heavy atom. The van der Waals surface area contributed by atoms with Gasteiger partial charge in [0.25, 0.3) is 0 Å². The van der Waals surface area contributed by atoms with Crippen LogP contribution in [0.3, 0.4) is 0 Å². The van der Waals surface area contributed by atoms with Crippen molar-refractivity contribution in [1.29, 1.82) is 0 Å². The Hall–Kier alpha value is -1.85. The number of carboxylic acid groups (broad SMARTS) is 1. The minimum atomic E-state index is -1.17. The van der Waals surface area contributed by atoms with Crippen LogP contribution in [0, 0.1) is 5.82 Å². The summed E-state index contributed by atoms with van der Waals surface area (Å²) in [7, 11) is 0. The third-order valence-electron chi connectivity index (χ3n) is 2.28. The molecule has 1 aromatic carbocycles. The van der Waals surface area contributed by atoms with Crippen molar-refractivity contribution in [3.63, 3.8) is 0 Å². The van der Waals surface area contributed by atoms with Crippen LogP contribution in [-0.4, -0.2) is 16.1 Å². The molecule has 0 aliphatic carbocycles. The summed E-state index contributed by atoms with van der Waals surface area (Å²) in [6.45, 7) is 0. The molecule has 7 heteroatoms. The Morgan fingerprint density at radius 2 is 2.00 bits per heavy atom. The van der Waals surface area contributed by atoms with E-state index in [9.17, 15) is 9.18 Å². The number of pyridine rings is 1. The maximum absolute atomic E-state index is 13.2. The van der Waals surface area contributed by atoms with Crippen molar-refractivity contribution in [3.8, 4) is 0 Å². The normalized spacial score (nSPS) is 10.3. The smallest absolute Gasteiger partial charge is 0.337 e. The number of hydrogen-bond acceptors (Lipinski definition) is 3. The molecule has 0 bridgehead atoms. The second-order valence-corrected chi connectivity index (χ2v) is 4.42. The quantitative estimate of drug-likeness (QED) is 0.900. The van der Waals surface area contributed by atoms with Crippen molar-refractivity contribution >= 4 is 40.7 Å². The Bertz CT molecular complexity index is 650. The minimum absolute atomic E-state index is 0.000778. The Balaban J connectivity index is 2.30. The number of nitrogens with one attached hydrogen (secondary N) is 1. The SMILES string of the molecule is O=C(O)c1cc(Nc2ccc(Cl)c(F)c2)ncc1Cl. The average molecular weight is 301 g/mol. The Kier molecular flexibility index (Phi) is 3.87. The molecule has 4 nitrogen and oxygen atoms in total. The van der Waals surface area contributed by atoms with Crippen LogP contribution in [0.5, 0.6) is 0 Å². The van der Waals surface area contributed by atoms with Crippen LogP contribution in [0.15, 0.2) is 30.5 Å². The second-order valence-electron chi connectivity index (χ2n) is 3.61. The fourth-order valence-corrected chi connectivity index (χ4v) is 1.69. The fraction of sp³-hybridized carbons (Fsp3) is 0. The number of anilines is 2. The zero-order valence-electron chi connectivity index (χ0n) is 9.32. The number of carbonyl (C=O) groups is 1. The van der Waals surface area contributed by atoms with Gasteiger partial charge in [-0.2, -0.15) is 0 Å². The van der Waals surface area contributed by atoms with E-state index < -0.39 is 11.8 Å². The van der Waals surface area contributed by atoms with Crippen LogP contribution in [0.25, 0.3) is 0 Å². The van der Waals surface area contributed by atoms with Gasteiger partial charge in [0, 0.05) is 11.9 Å². The molecule has 2 aromatic rings. The molecular weight excluding hydrogens is 294 g/mol. The van der Waals surface area contributed by atoms with Crippen LogP contribution in [0.1, 0.15) is 10.4 Å². The van der Waals surface area contributed by atoms with Crippen LogP contribution in [0.4, 0.5) is 15.9 Å². The maximum atomic E-state index is 13.2. The highest BCUT2D eigenvalue weighted by molar-refractivity contribution is 6.33. The highest BCUT2D eigenvalue weighted by Crippen LogP contribution is 2.23. The van der Waals surface area contributed by atoms with Gasteiger partial charge in [0.05, 0.1) is 15.6 Å². The number of benzene rings is 1. The zero-order chi connectivity index (χ0) is 14.0. The van der Waals surface area contributed by atoms with Gasteiger partial charge in [0.15, 0.2) is 0 Å². The van der Waals surface area contributed by atoms with Gasteiger partial charge >= 0.3 is 5.97 Å². The summed E-state index contributed by atoms with van der Waals surface area (Å²) >= 11 is 11.2. The molecule has 0 atom stereocenters. The number of nitrogens with zero attached hydrogens (tertiary/aromatic N) is 1. The lowest BCUT2D eigenvalue weighted by molar-refractivity contribution is 0.0697. The van der Waals surface area contributed by atoms with E-state index in [1.165, 1.54) is 24.4 Å². The van der Waals surface area contributed by atoms with E-state index in [0.29, 0.717) is 5.69 Å². The van der Waals surface area contributed by atoms with Crippen molar-refractivity contribution in [2.75, 3.05) is 5.32 Å². The largest absolute Gasteiger partial charge is 0.478 e. The van der Waals surface area contributed by atoms with Gasteiger partial charge in [-0.1, -0.05) is 23.2 Å². The first-order valence-corrected chi connectivity index (χ1v) is 5.84. The lowest BCUT2D eigenvalue weighted by Crippen LogP contribution is -2.01. The molecule has 0 saturated carbocycles. The summed E-state index contributed by atoms with van der Waals surface area (Å²) in [5.41, 5.74) is 0.307. The minimum Gasteiger partial charge on any atom is -0.478 e. The van der Waals surface area contributed by atoms with Crippen molar-refractivity contribution in [3.05, 3.63) is 51.9 Å². The second kappa shape index (κ2) is 5.42. The van der Waals surface area contributed by atoms with E-state index in [2.05, 4.69) is 10.3 Å². The van der Waals surface area contributed by atoms with Gasteiger partial charge in [-0.3, -0.25) is 0 Å². The van der Waals surface area contributed by atoms with Crippen molar-refractivity contribution in [2.45, 2.75) is 0 Å². The number of hydrogen-bond donors (Lipinski definition) is 2. The summed E-state index contributed by atoms with van der Waals surface area (Å²) in [6, 6.07) is 5.37. The van der Waals surface area contributed by atoms with Gasteiger partial charge in [0.1, 0.15) is 11.6 Å². The average Bonchev–Trinajstić information content (AvgIpc) is 2.36. The standard InChI is InChI=1S/C12H7Cl2FN2O2/c13-8-2-1-6(3-10(8)15)17-11-4-7(12(18)19)9(14)5-16-11/h1-5H,(H,16,17)(H,18,19). The van der Waals surface area contributed by atoms with Gasteiger partial charge in [-0.25, -0.2) is 14.2 Å². The first kappa shape index (κ1) is 13.6. The monoisotopic (exact) mass is 300 g/mol. The lowest BCUT2D eigenvalue weighted by atomic mass is 10.2. The molecule has 98 valence electrons. The maximum Gasteiger partial charge on any atom is 0.337 e. The topological polar surface area (TPSA) is 62.2 Å². The zero-order valence-corrected chi connectivity index (χ0v) is 10.8. The summed E-state index contributed by atoms with van der Waals surface area (Å²) < 4.78 is 13.2. The summed E-state index contributed by atoms with van der Waals surface area (Å²) in [5.74, 6) is -1.51. The molecule has 1 aromatic heterocycles.